The minimum atomic E-state index is -2.22. The van der Waals surface area contributed by atoms with Crippen molar-refractivity contribution >= 4 is 18.4 Å². The molecule has 0 atom stereocenters. The second kappa shape index (κ2) is 8.04. The van der Waals surface area contributed by atoms with E-state index in [0.29, 0.717) is 0 Å². The van der Waals surface area contributed by atoms with Crippen molar-refractivity contribution in [3.63, 3.8) is 0 Å². The molecule has 3 aliphatic rings. The summed E-state index contributed by atoms with van der Waals surface area (Å²) in [7, 11) is 0. The molecule has 0 heterocycles. The Balaban J connectivity index is 1.85. The summed E-state index contributed by atoms with van der Waals surface area (Å²) in [6, 6.07) is 0. The Morgan fingerprint density at radius 3 is 1.05 bits per heavy atom. The van der Waals surface area contributed by atoms with Crippen LogP contribution >= 0.6 is 0 Å². The number of nitrogens with two attached hydrogens (primary N) is 1. The molecule has 0 spiro atoms. The van der Waals surface area contributed by atoms with Gasteiger partial charge in [-0.2, -0.15) is 0 Å². The second-order valence-corrected chi connectivity index (χ2v) is 22.8. The molecule has 3 fully saturated rings. The Hall–Kier alpha value is 0.759. The summed E-state index contributed by atoms with van der Waals surface area (Å²) in [5.41, 5.74) is 6.69. The van der Waals surface area contributed by atoms with Crippen LogP contribution in [0.15, 0.2) is 0 Å². The Morgan fingerprint density at radius 2 is 0.810 bits per heavy atom. The van der Waals surface area contributed by atoms with Crippen LogP contribution in [0.3, 0.4) is 0 Å². The zero-order valence-corrected chi connectivity index (χ0v) is 17.0. The summed E-state index contributed by atoms with van der Waals surface area (Å²) < 4.78 is 4.71. The van der Waals surface area contributed by atoms with Crippen molar-refractivity contribution in [3.8, 4) is 0 Å². The molecule has 1 nitrogen and oxygen atoms in total. The molecule has 0 saturated heterocycles. The van der Waals surface area contributed by atoms with E-state index < -0.39 is 18.4 Å². The molecule has 0 radical (unpaired) electrons. The average molecular weight is 398 g/mol. The molecule has 3 aliphatic carbocycles. The first-order chi connectivity index (χ1) is 10.4. The maximum atomic E-state index is 6.69. The number of rotatable bonds is 4. The Kier molecular flexibility index (Phi) is 6.36. The third kappa shape index (κ3) is 3.49. The SMILES string of the molecule is N[CH2][Sn]([CH]1CCCCC1)([CH]1CCCCC1)[CH]1CCCCC1. The summed E-state index contributed by atoms with van der Waals surface area (Å²) in [4.78, 5) is 0. The summed E-state index contributed by atoms with van der Waals surface area (Å²) in [5, 5.41) is 0. The van der Waals surface area contributed by atoms with Gasteiger partial charge in [-0.1, -0.05) is 0 Å². The Bertz CT molecular complexity index is 253. The first-order valence-electron chi connectivity index (χ1n) is 10.1. The van der Waals surface area contributed by atoms with E-state index >= 15 is 0 Å². The monoisotopic (exact) mass is 399 g/mol. The van der Waals surface area contributed by atoms with Gasteiger partial charge in [-0.25, -0.2) is 0 Å². The van der Waals surface area contributed by atoms with Gasteiger partial charge in [0.05, 0.1) is 0 Å². The molecule has 3 saturated carbocycles. The first-order valence-corrected chi connectivity index (χ1v) is 17.0. The van der Waals surface area contributed by atoms with Crippen LogP contribution < -0.4 is 5.73 Å². The topological polar surface area (TPSA) is 26.0 Å². The summed E-state index contributed by atoms with van der Waals surface area (Å²) in [6.07, 6.45) is 23.2. The predicted octanol–water partition coefficient (Wildman–Crippen LogP) is 5.94. The van der Waals surface area contributed by atoms with Crippen LogP contribution in [0.2, 0.25) is 11.8 Å². The van der Waals surface area contributed by atoms with Crippen molar-refractivity contribution in [2.45, 2.75) is 108 Å². The van der Waals surface area contributed by atoms with Crippen molar-refractivity contribution in [1.82, 2.24) is 0 Å². The number of hydrogen-bond donors (Lipinski definition) is 1. The van der Waals surface area contributed by atoms with E-state index in [2.05, 4.69) is 0 Å². The second-order valence-electron chi connectivity index (χ2n) is 8.32. The molecule has 2 heteroatoms. The molecule has 2 N–H and O–H groups in total. The fraction of sp³-hybridized carbons (Fsp3) is 1.00. The van der Waals surface area contributed by atoms with E-state index in [4.69, 9.17) is 5.73 Å². The molecule has 0 unspecified atom stereocenters. The van der Waals surface area contributed by atoms with Crippen molar-refractivity contribution in [1.29, 1.82) is 0 Å². The van der Waals surface area contributed by atoms with E-state index in [1.807, 2.05) is 0 Å². The van der Waals surface area contributed by atoms with Gasteiger partial charge in [-0.15, -0.1) is 0 Å². The average Bonchev–Trinajstić information content (AvgIpc) is 2.59. The van der Waals surface area contributed by atoms with Crippen molar-refractivity contribution in [2.24, 2.45) is 5.73 Å². The van der Waals surface area contributed by atoms with E-state index in [9.17, 15) is 0 Å². The molecule has 0 aromatic heterocycles. The van der Waals surface area contributed by atoms with Crippen LogP contribution in [0.4, 0.5) is 0 Å². The van der Waals surface area contributed by atoms with E-state index in [1.54, 1.807) is 38.5 Å². The van der Waals surface area contributed by atoms with Gasteiger partial charge in [0.25, 0.3) is 0 Å². The molecule has 0 aromatic rings. The van der Waals surface area contributed by atoms with Crippen LogP contribution in [0, 0.1) is 0 Å². The van der Waals surface area contributed by atoms with Gasteiger partial charge in [0.15, 0.2) is 0 Å². The van der Waals surface area contributed by atoms with E-state index in [-0.39, 0.29) is 0 Å². The zero-order chi connectivity index (χ0) is 14.5. The third-order valence-electron chi connectivity index (χ3n) is 7.45. The Labute approximate surface area is 136 Å². The van der Waals surface area contributed by atoms with Gasteiger partial charge < -0.3 is 0 Å². The van der Waals surface area contributed by atoms with Crippen molar-refractivity contribution in [3.05, 3.63) is 0 Å². The first kappa shape index (κ1) is 16.6. The van der Waals surface area contributed by atoms with Gasteiger partial charge in [-0.3, -0.25) is 0 Å². The molecule has 0 aromatic carbocycles. The van der Waals surface area contributed by atoms with Crippen LogP contribution in [-0.2, 0) is 0 Å². The molecule has 3 rings (SSSR count). The fourth-order valence-electron chi connectivity index (χ4n) is 6.42. The van der Waals surface area contributed by atoms with Gasteiger partial charge in [0.1, 0.15) is 0 Å². The fourth-order valence-corrected chi connectivity index (χ4v) is 27.7. The molecule has 0 bridgehead atoms. The normalized spacial score (nSPS) is 27.9. The summed E-state index contributed by atoms with van der Waals surface area (Å²) >= 11 is -2.22. The van der Waals surface area contributed by atoms with Gasteiger partial charge >= 0.3 is 137 Å². The molecule has 0 aliphatic heterocycles. The van der Waals surface area contributed by atoms with Crippen LogP contribution in [0.5, 0.6) is 0 Å². The molecule has 122 valence electrons. The summed E-state index contributed by atoms with van der Waals surface area (Å²) in [5.74, 6) is 0. The predicted molar refractivity (Wildman–Crippen MR) is 95.3 cm³/mol. The standard InChI is InChI=1S/3C6H11.CH4N.Sn/c3*1-2-4-6-5-3-1;1-2;/h3*1H,2-6H2;1-2H2;. The van der Waals surface area contributed by atoms with E-state index in [0.717, 1.165) is 0 Å². The molecular formula is C19H37NSn. The maximum absolute atomic E-state index is 6.69. The van der Waals surface area contributed by atoms with Crippen LogP contribution in [-0.4, -0.2) is 22.9 Å². The molecule has 0 amide bonds. The minimum absolute atomic E-state index is 1.17. The van der Waals surface area contributed by atoms with Crippen molar-refractivity contribution in [2.75, 3.05) is 4.56 Å². The summed E-state index contributed by atoms with van der Waals surface area (Å²) in [6.45, 7) is 0. The molecular weight excluding hydrogens is 361 g/mol. The van der Waals surface area contributed by atoms with Crippen molar-refractivity contribution < 1.29 is 0 Å². The van der Waals surface area contributed by atoms with Crippen LogP contribution in [0.25, 0.3) is 0 Å². The van der Waals surface area contributed by atoms with Gasteiger partial charge in [0, 0.05) is 0 Å². The number of hydrogen-bond acceptors (Lipinski definition) is 1. The van der Waals surface area contributed by atoms with Crippen LogP contribution in [0.1, 0.15) is 96.3 Å². The van der Waals surface area contributed by atoms with Gasteiger partial charge in [0.2, 0.25) is 0 Å². The zero-order valence-electron chi connectivity index (χ0n) is 14.1. The molecule has 21 heavy (non-hydrogen) atoms. The van der Waals surface area contributed by atoms with E-state index in [1.165, 1.54) is 74.1 Å². The van der Waals surface area contributed by atoms with Gasteiger partial charge in [-0.05, 0) is 0 Å². The Morgan fingerprint density at radius 1 is 0.524 bits per heavy atom. The third-order valence-corrected chi connectivity index (χ3v) is 27.4. The quantitative estimate of drug-likeness (QED) is 0.583.